The Morgan fingerprint density at radius 2 is 1.74 bits per heavy atom. The van der Waals surface area contributed by atoms with E-state index >= 15 is 0 Å². The van der Waals surface area contributed by atoms with Gasteiger partial charge in [0.15, 0.2) is 5.78 Å². The molecule has 0 bridgehead atoms. The van der Waals surface area contributed by atoms with Crippen LogP contribution in [-0.2, 0) is 14.9 Å². The molecule has 1 aliphatic heterocycles. The number of hydrogen-bond acceptors (Lipinski definition) is 4. The van der Waals surface area contributed by atoms with Crippen LogP contribution in [0.1, 0.15) is 101 Å². The van der Waals surface area contributed by atoms with Crippen LogP contribution in [0.5, 0.6) is 5.75 Å². The fourth-order valence-electron chi connectivity index (χ4n) is 6.43. The summed E-state index contributed by atoms with van der Waals surface area (Å²) in [4.78, 5) is 13.9. The van der Waals surface area contributed by atoms with E-state index < -0.39 is 0 Å². The van der Waals surface area contributed by atoms with E-state index in [2.05, 4.69) is 65.5 Å². The summed E-state index contributed by atoms with van der Waals surface area (Å²) >= 11 is 0. The van der Waals surface area contributed by atoms with Gasteiger partial charge in [-0.2, -0.15) is 0 Å². The van der Waals surface area contributed by atoms with Crippen LogP contribution in [0.4, 0.5) is 0 Å². The van der Waals surface area contributed by atoms with E-state index in [1.165, 1.54) is 16.7 Å². The molecule has 0 spiro atoms. The lowest BCUT2D eigenvalue weighted by Crippen LogP contribution is -2.20. The number of Topliss-reactive ketones (excluding diaryl/α,β-unsaturated/α-hetero) is 1. The molecule has 0 saturated carbocycles. The van der Waals surface area contributed by atoms with E-state index in [9.17, 15) is 4.79 Å². The summed E-state index contributed by atoms with van der Waals surface area (Å²) in [6.07, 6.45) is 8.76. The van der Waals surface area contributed by atoms with E-state index in [0.717, 1.165) is 72.7 Å². The van der Waals surface area contributed by atoms with Gasteiger partial charge in [-0.1, -0.05) is 52.8 Å². The molecule has 4 rings (SSSR count). The van der Waals surface area contributed by atoms with Crippen LogP contribution < -0.4 is 4.74 Å². The first-order valence-electron chi connectivity index (χ1n) is 14.5. The molecule has 2 unspecified atom stereocenters. The Hall–Kier alpha value is -2.59. The van der Waals surface area contributed by atoms with E-state index in [0.29, 0.717) is 18.9 Å². The normalized spacial score (nSPS) is 22.2. The molecule has 1 heterocycles. The topological polar surface area (TPSA) is 44.8 Å². The highest BCUT2D eigenvalue weighted by atomic mass is 16.5. The third kappa shape index (κ3) is 5.43. The summed E-state index contributed by atoms with van der Waals surface area (Å²) < 4.78 is 17.7. The van der Waals surface area contributed by atoms with Gasteiger partial charge < -0.3 is 14.2 Å². The van der Waals surface area contributed by atoms with Crippen molar-refractivity contribution in [1.82, 2.24) is 0 Å². The van der Waals surface area contributed by atoms with Gasteiger partial charge in [-0.05, 0) is 84.4 Å². The maximum Gasteiger partial charge on any atom is 0.163 e. The van der Waals surface area contributed by atoms with Crippen molar-refractivity contribution >= 4 is 5.78 Å². The second kappa shape index (κ2) is 11.7. The maximum absolute atomic E-state index is 13.9. The summed E-state index contributed by atoms with van der Waals surface area (Å²) in [5.74, 6) is 2.57. The molecule has 1 saturated heterocycles. The number of fused-ring (bicyclic) bond motifs is 1. The smallest absolute Gasteiger partial charge is 0.163 e. The zero-order valence-electron chi connectivity index (χ0n) is 24.5. The van der Waals surface area contributed by atoms with Gasteiger partial charge in [-0.15, -0.1) is 0 Å². The fourth-order valence-corrected chi connectivity index (χ4v) is 6.43. The zero-order valence-corrected chi connectivity index (χ0v) is 24.5. The molecule has 0 amide bonds. The van der Waals surface area contributed by atoms with Gasteiger partial charge in [-0.3, -0.25) is 4.79 Å². The van der Waals surface area contributed by atoms with E-state index in [1.54, 1.807) is 7.11 Å². The average molecular weight is 519 g/mol. The molecule has 0 radical (unpaired) electrons. The Bertz CT molecular complexity index is 1170. The van der Waals surface area contributed by atoms with Crippen LogP contribution in [0, 0.1) is 11.8 Å². The third-order valence-electron chi connectivity index (χ3n) is 8.44. The Labute approximate surface area is 229 Å². The number of methoxy groups -OCH3 is 1. The predicted molar refractivity (Wildman–Crippen MR) is 155 cm³/mol. The minimum Gasteiger partial charge on any atom is -0.496 e. The lowest BCUT2D eigenvalue weighted by atomic mass is 9.79. The first kappa shape index (κ1) is 28.4. The van der Waals surface area contributed by atoms with Crippen molar-refractivity contribution in [2.45, 2.75) is 85.0 Å². The molecule has 4 heteroatoms. The van der Waals surface area contributed by atoms with Crippen molar-refractivity contribution in [1.29, 1.82) is 0 Å². The molecule has 2 aliphatic carbocycles. The van der Waals surface area contributed by atoms with Gasteiger partial charge in [0.2, 0.25) is 0 Å². The van der Waals surface area contributed by atoms with E-state index in [1.807, 2.05) is 6.92 Å². The molecule has 1 aromatic carbocycles. The number of ether oxygens (including phenoxy) is 3. The standard InChI is InChI=1S/C34H46O4/c1-9-25-26(10-2)32(38-11-3)20-27-21(4)23(16-29(25)27)19-31(35)24-17-28(22-12-14-37-15-13-22)33(36-8)30(18-24)34(5,6)7/h16-18,20,22-23,27H,4,9-15,19H2,1-3,5-8H3. The number of carbonyl (C=O) groups excluding carboxylic acids is 1. The molecule has 1 fully saturated rings. The molecule has 2 atom stereocenters. The van der Waals surface area contributed by atoms with Gasteiger partial charge in [0.05, 0.1) is 13.7 Å². The van der Waals surface area contributed by atoms with E-state index in [-0.39, 0.29) is 23.0 Å². The Balaban J connectivity index is 1.69. The van der Waals surface area contributed by atoms with Crippen LogP contribution in [0.3, 0.4) is 0 Å². The Morgan fingerprint density at radius 3 is 2.32 bits per heavy atom. The van der Waals surface area contributed by atoms with Crippen LogP contribution in [-0.4, -0.2) is 32.7 Å². The first-order chi connectivity index (χ1) is 18.1. The fraction of sp³-hybridized carbons (Fsp3) is 0.559. The summed E-state index contributed by atoms with van der Waals surface area (Å²) in [5.41, 5.74) is 7.96. The second-order valence-corrected chi connectivity index (χ2v) is 11.8. The lowest BCUT2D eigenvalue weighted by Gasteiger charge is -2.30. The monoisotopic (exact) mass is 518 g/mol. The van der Waals surface area contributed by atoms with Crippen LogP contribution in [0.15, 0.2) is 58.9 Å². The van der Waals surface area contributed by atoms with Crippen molar-refractivity contribution in [3.05, 3.63) is 75.6 Å². The molecule has 206 valence electrons. The minimum atomic E-state index is -0.146. The van der Waals surface area contributed by atoms with Crippen LogP contribution >= 0.6 is 0 Å². The van der Waals surface area contributed by atoms with Gasteiger partial charge >= 0.3 is 0 Å². The Morgan fingerprint density at radius 1 is 1.05 bits per heavy atom. The highest BCUT2D eigenvalue weighted by molar-refractivity contribution is 5.97. The molecule has 0 N–H and O–H groups in total. The molecule has 1 aromatic rings. The van der Waals surface area contributed by atoms with Gasteiger partial charge in [0.25, 0.3) is 0 Å². The summed E-state index contributed by atoms with van der Waals surface area (Å²) in [6.45, 7) is 19.6. The maximum atomic E-state index is 13.9. The number of benzene rings is 1. The molecular formula is C34H46O4. The Kier molecular flexibility index (Phi) is 8.72. The summed E-state index contributed by atoms with van der Waals surface area (Å²) in [6, 6.07) is 4.17. The number of carbonyl (C=O) groups is 1. The van der Waals surface area contributed by atoms with Crippen molar-refractivity contribution < 1.29 is 19.0 Å². The average Bonchev–Trinajstić information content (AvgIpc) is 3.21. The largest absolute Gasteiger partial charge is 0.496 e. The van der Waals surface area contributed by atoms with Crippen molar-refractivity contribution in [3.63, 3.8) is 0 Å². The highest BCUT2D eigenvalue weighted by Crippen LogP contribution is 2.48. The molecule has 0 aromatic heterocycles. The third-order valence-corrected chi connectivity index (χ3v) is 8.44. The zero-order chi connectivity index (χ0) is 27.6. The van der Waals surface area contributed by atoms with Crippen LogP contribution in [0.2, 0.25) is 0 Å². The van der Waals surface area contributed by atoms with Gasteiger partial charge in [0, 0.05) is 42.6 Å². The van der Waals surface area contributed by atoms with E-state index in [4.69, 9.17) is 14.2 Å². The molecule has 38 heavy (non-hydrogen) atoms. The minimum absolute atomic E-state index is 0.0195. The molecule has 4 nitrogen and oxygen atoms in total. The molecular weight excluding hydrogens is 472 g/mol. The number of ketones is 1. The van der Waals surface area contributed by atoms with Crippen molar-refractivity contribution in [2.75, 3.05) is 26.9 Å². The number of hydrogen-bond donors (Lipinski definition) is 0. The highest BCUT2D eigenvalue weighted by Gasteiger charge is 2.37. The van der Waals surface area contributed by atoms with Crippen molar-refractivity contribution in [3.8, 4) is 5.75 Å². The predicted octanol–water partition coefficient (Wildman–Crippen LogP) is 8.24. The number of rotatable bonds is 9. The number of allylic oxidation sites excluding steroid dienone is 6. The quantitative estimate of drug-likeness (QED) is 0.244. The van der Waals surface area contributed by atoms with Crippen LogP contribution in [0.25, 0.3) is 0 Å². The van der Waals surface area contributed by atoms with Gasteiger partial charge in [0.1, 0.15) is 11.5 Å². The second-order valence-electron chi connectivity index (χ2n) is 11.8. The molecule has 3 aliphatic rings. The summed E-state index contributed by atoms with van der Waals surface area (Å²) in [7, 11) is 1.75. The first-order valence-corrected chi connectivity index (χ1v) is 14.5. The summed E-state index contributed by atoms with van der Waals surface area (Å²) in [5, 5.41) is 0. The lowest BCUT2D eigenvalue weighted by molar-refractivity contribution is 0.0847. The van der Waals surface area contributed by atoms with Gasteiger partial charge in [-0.25, -0.2) is 0 Å². The van der Waals surface area contributed by atoms with Crippen molar-refractivity contribution in [2.24, 2.45) is 11.8 Å². The SMILES string of the molecule is C=C1C(CC(=O)c2cc(C3CCOCC3)c(OC)c(C(C)(C)C)c2)C=C2C(CC)=C(CC)C(OCC)=CC12.